The average Bonchev–Trinajstić information content (AvgIpc) is 3.11. The molecule has 9 heteroatoms. The van der Waals surface area contributed by atoms with E-state index in [1.165, 1.54) is 0 Å². The summed E-state index contributed by atoms with van der Waals surface area (Å²) in [7, 11) is 0. The van der Waals surface area contributed by atoms with Crippen LogP contribution in [0, 0.1) is 29.1 Å². The maximum absolute atomic E-state index is 12.7. The molecule has 0 aliphatic heterocycles. The summed E-state index contributed by atoms with van der Waals surface area (Å²) in [6.45, 7) is 8.47. The molecule has 4 rings (SSSR count). The van der Waals surface area contributed by atoms with Crippen LogP contribution >= 0.6 is 0 Å². The number of aliphatic carboxylic acids is 1. The number of fused-ring (bicyclic) bond motifs is 5. The Hall–Kier alpha value is -0.580. The van der Waals surface area contributed by atoms with Crippen LogP contribution in [0.3, 0.4) is 0 Å². The van der Waals surface area contributed by atoms with E-state index in [4.69, 9.17) is 5.11 Å². The largest absolute Gasteiger partial charge is 1.00 e. The quantitative estimate of drug-likeness (QED) is 0.200. The number of hydrogen-bond donors (Lipinski definition) is 6. The number of hydrogen-bond acceptors (Lipinski definition) is 7. The third-order valence-corrected chi connectivity index (χ3v) is 8.51. The van der Waals surface area contributed by atoms with Gasteiger partial charge < -0.3 is 32.1 Å². The smallest absolute Gasteiger partial charge is 1.00 e. The maximum Gasteiger partial charge on any atom is 1.00 e. The fraction of sp³-hybridized carbons (Fsp3) is 0.750. The summed E-state index contributed by atoms with van der Waals surface area (Å²) in [5.74, 6) is -3.85. The predicted molar refractivity (Wildman–Crippen MR) is 116 cm³/mol. The molecule has 4 aliphatic carbocycles. The molecule has 0 heterocycles. The first kappa shape index (κ1) is 28.7. The summed E-state index contributed by atoms with van der Waals surface area (Å²) in [5.41, 5.74) is -4.57. The first-order valence-electron chi connectivity index (χ1n) is 11.3. The van der Waals surface area contributed by atoms with Crippen molar-refractivity contribution < 1.29 is 71.2 Å². The second kappa shape index (κ2) is 9.13. The maximum atomic E-state index is 12.7. The molecule has 0 amide bonds. The first-order chi connectivity index (χ1) is 14.6. The van der Waals surface area contributed by atoms with E-state index in [9.17, 15) is 35.1 Å². The number of carboxylic acids is 1. The molecule has 0 aromatic carbocycles. The van der Waals surface area contributed by atoms with E-state index in [0.29, 0.717) is 17.6 Å². The van der Waals surface area contributed by atoms with Crippen LogP contribution in [0.2, 0.25) is 0 Å². The summed E-state index contributed by atoms with van der Waals surface area (Å²) in [6.07, 6.45) is 3.11. The number of carbonyl (C=O) groups is 2. The van der Waals surface area contributed by atoms with E-state index in [-0.39, 0.29) is 44.0 Å². The number of rotatable bonds is 3. The fourth-order valence-electron chi connectivity index (χ4n) is 6.66. The van der Waals surface area contributed by atoms with Gasteiger partial charge in [-0.1, -0.05) is 39.8 Å². The van der Waals surface area contributed by atoms with Crippen molar-refractivity contribution in [2.75, 3.05) is 6.61 Å². The molecule has 0 aromatic heterocycles. The summed E-state index contributed by atoms with van der Waals surface area (Å²) < 4.78 is 0. The van der Waals surface area contributed by atoms with Crippen molar-refractivity contribution in [1.29, 1.82) is 0 Å². The van der Waals surface area contributed by atoms with Gasteiger partial charge in [0.25, 0.3) is 0 Å². The topological polar surface area (TPSA) is 156 Å². The van der Waals surface area contributed by atoms with Gasteiger partial charge in [0.15, 0.2) is 5.78 Å². The van der Waals surface area contributed by atoms with Crippen molar-refractivity contribution in [2.45, 2.75) is 76.8 Å². The van der Waals surface area contributed by atoms with E-state index >= 15 is 0 Å². The van der Waals surface area contributed by atoms with Crippen LogP contribution in [0.5, 0.6) is 0 Å². The molecule has 0 saturated heterocycles. The van der Waals surface area contributed by atoms with Gasteiger partial charge in [-0.3, -0.25) is 9.59 Å². The van der Waals surface area contributed by atoms with Gasteiger partial charge in [-0.25, -0.2) is 0 Å². The predicted octanol–water partition coefficient (Wildman–Crippen LogP) is -2.08. The van der Waals surface area contributed by atoms with Gasteiger partial charge in [0, 0.05) is 41.9 Å². The Morgan fingerprint density at radius 3 is 2.24 bits per heavy atom. The van der Waals surface area contributed by atoms with Gasteiger partial charge in [-0.05, 0) is 24.5 Å². The molecule has 0 spiro atoms. The summed E-state index contributed by atoms with van der Waals surface area (Å²) in [6, 6.07) is 0. The van der Waals surface area contributed by atoms with Crippen molar-refractivity contribution in [3.8, 4) is 0 Å². The van der Waals surface area contributed by atoms with Crippen molar-refractivity contribution in [1.82, 2.24) is 0 Å². The Kier molecular flexibility index (Phi) is 7.93. The molecule has 0 bridgehead atoms. The van der Waals surface area contributed by atoms with Crippen LogP contribution in [-0.2, 0) is 9.59 Å². The molecule has 33 heavy (non-hydrogen) atoms. The molecule has 4 aliphatic rings. The minimum atomic E-state index is -1.84. The third kappa shape index (κ3) is 3.82. The molecule has 182 valence electrons. The van der Waals surface area contributed by atoms with Gasteiger partial charge in [-0.15, -0.1) is 0 Å². The molecular formula is C24H37NaO8. The van der Waals surface area contributed by atoms with Gasteiger partial charge in [0.1, 0.15) is 11.2 Å². The molecule has 0 unspecified atom stereocenters. The molecule has 2 saturated carbocycles. The Balaban J connectivity index is 0.000000647. The Morgan fingerprint density at radius 1 is 1.21 bits per heavy atom. The van der Waals surface area contributed by atoms with Crippen molar-refractivity contribution in [2.24, 2.45) is 29.1 Å². The Bertz CT molecular complexity index is 888. The van der Waals surface area contributed by atoms with E-state index < -0.39 is 63.7 Å². The van der Waals surface area contributed by atoms with E-state index in [1.54, 1.807) is 26.0 Å². The molecule has 0 radical (unpaired) electrons. The minimum Gasteiger partial charge on any atom is -1.00 e. The third-order valence-electron chi connectivity index (χ3n) is 8.51. The Labute approximate surface area is 218 Å². The number of Topliss-reactive ketones (excluding diaryl/α,β-unsaturated/α-hetero) is 1. The molecule has 2 fully saturated rings. The number of carbonyl (C=O) groups excluding carboxylic acids is 1. The normalized spacial score (nSPS) is 44.4. The molecular weight excluding hydrogens is 439 g/mol. The zero-order valence-electron chi connectivity index (χ0n) is 21.4. The van der Waals surface area contributed by atoms with Gasteiger partial charge >= 0.3 is 35.5 Å². The van der Waals surface area contributed by atoms with Crippen molar-refractivity contribution >= 4 is 11.8 Å². The molecule has 8 nitrogen and oxygen atoms in total. The zero-order chi connectivity index (χ0) is 24.4. The molecule has 0 aromatic rings. The van der Waals surface area contributed by atoms with Crippen LogP contribution in [0.4, 0.5) is 0 Å². The second-order valence-corrected chi connectivity index (χ2v) is 10.6. The van der Waals surface area contributed by atoms with Crippen LogP contribution in [-0.4, -0.2) is 71.9 Å². The van der Waals surface area contributed by atoms with Crippen molar-refractivity contribution in [3.05, 3.63) is 23.3 Å². The van der Waals surface area contributed by atoms with Gasteiger partial charge in [0.05, 0.1) is 18.3 Å². The minimum absolute atomic E-state index is 0. The fourth-order valence-corrected chi connectivity index (χ4v) is 6.66. The number of aliphatic hydroxyl groups is 5. The van der Waals surface area contributed by atoms with E-state index in [0.717, 1.165) is 6.42 Å². The van der Waals surface area contributed by atoms with Crippen molar-refractivity contribution in [3.63, 3.8) is 0 Å². The second-order valence-electron chi connectivity index (χ2n) is 10.6. The monoisotopic (exact) mass is 476 g/mol. The first-order valence-corrected chi connectivity index (χ1v) is 11.3. The SMILES string of the molecule is CC1=C[C@H]2[C@]3(O)[C@H](C)[C@@H](O)[C@@]4(O)[C@H]([C@@H]3C=C(CO)C[C@@]2(O)C1=O)C4(C)C.CCCC(=O)O.[H-].[Na+]. The summed E-state index contributed by atoms with van der Waals surface area (Å²) >= 11 is 0. The van der Waals surface area contributed by atoms with Crippen LogP contribution < -0.4 is 29.6 Å². The number of aliphatic hydroxyl groups excluding tert-OH is 2. The summed E-state index contributed by atoms with van der Waals surface area (Å²) in [4.78, 5) is 22.3. The van der Waals surface area contributed by atoms with Gasteiger partial charge in [-0.2, -0.15) is 0 Å². The van der Waals surface area contributed by atoms with Crippen LogP contribution in [0.25, 0.3) is 0 Å². The zero-order valence-corrected chi connectivity index (χ0v) is 22.4. The molecule has 8 atom stereocenters. The Morgan fingerprint density at radius 2 is 1.79 bits per heavy atom. The van der Waals surface area contributed by atoms with Crippen LogP contribution in [0.15, 0.2) is 23.3 Å². The van der Waals surface area contributed by atoms with Crippen LogP contribution in [0.1, 0.15) is 55.3 Å². The number of carboxylic acid groups (broad SMARTS) is 1. The van der Waals surface area contributed by atoms with E-state index in [2.05, 4.69) is 0 Å². The van der Waals surface area contributed by atoms with Gasteiger partial charge in [0.2, 0.25) is 0 Å². The average molecular weight is 477 g/mol. The molecule has 6 N–H and O–H groups in total. The summed E-state index contributed by atoms with van der Waals surface area (Å²) in [5, 5.41) is 62.9. The van der Waals surface area contributed by atoms with E-state index in [1.807, 2.05) is 20.8 Å². The number of ketones is 1. The standard InChI is InChI=1S/C20H28O6.C4H8O2.Na.H/c1-9-5-13-18(24,15(9)22)7-11(8-21)6-12-14-17(3,4)20(14,26)16(23)10(2)19(12,13)25;1-2-3-4(5)6;;/h5-6,10,12-14,16,21,23-26H,7-8H2,1-4H3;2-3H2,1H3,(H,5,6);;/q;;+1;-1/t10-,12+,13-,14-,16-,18+,19+,20+;;;/m1.../s1.